The van der Waals surface area contributed by atoms with Crippen LogP contribution in [0.1, 0.15) is 16.8 Å². The highest BCUT2D eigenvalue weighted by Gasteiger charge is 2.39. The third-order valence-electron chi connectivity index (χ3n) is 5.61. The van der Waals surface area contributed by atoms with Crippen molar-refractivity contribution in [1.29, 1.82) is 0 Å². The van der Waals surface area contributed by atoms with Crippen molar-refractivity contribution in [2.75, 3.05) is 0 Å². The highest BCUT2D eigenvalue weighted by Crippen LogP contribution is 2.33. The Hall–Kier alpha value is -3.80. The van der Waals surface area contributed by atoms with Crippen molar-refractivity contribution in [2.24, 2.45) is 15.9 Å². The van der Waals surface area contributed by atoms with E-state index < -0.39 is 21.9 Å². The molecule has 0 unspecified atom stereocenters. The molecule has 1 aromatic heterocycles. The van der Waals surface area contributed by atoms with Gasteiger partial charge in [0, 0.05) is 23.1 Å². The van der Waals surface area contributed by atoms with Crippen LogP contribution in [0.3, 0.4) is 0 Å². The van der Waals surface area contributed by atoms with Crippen molar-refractivity contribution in [2.45, 2.75) is 24.4 Å². The van der Waals surface area contributed by atoms with Crippen molar-refractivity contribution in [3.8, 4) is 11.1 Å². The number of alkyl halides is 3. The summed E-state index contributed by atoms with van der Waals surface area (Å²) >= 11 is 0.987. The highest BCUT2D eigenvalue weighted by molar-refractivity contribution is 7.89. The minimum Gasteiger partial charge on any atom is -0.398 e. The summed E-state index contributed by atoms with van der Waals surface area (Å²) in [5.74, 6) is 0. The van der Waals surface area contributed by atoms with Crippen LogP contribution in [0.25, 0.3) is 16.8 Å². The minimum absolute atomic E-state index is 0.0530. The first kappa shape index (κ1) is 27.2. The number of nitrogens with zero attached hydrogens (tertiary/aromatic N) is 2. The molecule has 0 bridgehead atoms. The van der Waals surface area contributed by atoms with Crippen molar-refractivity contribution in [1.82, 2.24) is 4.98 Å². The molecule has 0 aliphatic heterocycles. The molecule has 0 aliphatic rings. The molecule has 1 heterocycles. The van der Waals surface area contributed by atoms with E-state index in [-0.39, 0.29) is 27.7 Å². The fourth-order valence-corrected chi connectivity index (χ4v) is 4.95. The average molecular weight is 557 g/mol. The molecular formula is C27H23F3N4O2S2. The van der Waals surface area contributed by atoms with Crippen molar-refractivity contribution < 1.29 is 21.6 Å². The molecular weight excluding hydrogens is 533 g/mol. The molecule has 196 valence electrons. The third-order valence-corrected chi connectivity index (χ3v) is 7.39. The number of sulfonamides is 1. The maximum atomic E-state index is 14.5. The lowest BCUT2D eigenvalue weighted by molar-refractivity contribution is -0.0582. The quantitative estimate of drug-likeness (QED) is 0.271. The number of hydrogen-bond acceptors (Lipinski definition) is 6. The zero-order valence-electron chi connectivity index (χ0n) is 20.1. The molecule has 0 saturated carbocycles. The van der Waals surface area contributed by atoms with Gasteiger partial charge in [-0.1, -0.05) is 60.7 Å². The zero-order valence-corrected chi connectivity index (χ0v) is 21.7. The summed E-state index contributed by atoms with van der Waals surface area (Å²) in [6, 6.07) is 21.6. The number of nitrogens with two attached hydrogens (primary N) is 2. The normalized spacial score (nSPS) is 13.3. The Balaban J connectivity index is 1.89. The van der Waals surface area contributed by atoms with Crippen LogP contribution in [0, 0.1) is 6.92 Å². The van der Waals surface area contributed by atoms with Crippen LogP contribution in [0.5, 0.6) is 0 Å². The fourth-order valence-electron chi connectivity index (χ4n) is 3.77. The number of aryl methyl sites for hydroxylation is 1. The number of hydrogen-bond donors (Lipinski definition) is 2. The summed E-state index contributed by atoms with van der Waals surface area (Å²) < 4.78 is 66.7. The van der Waals surface area contributed by atoms with Crippen LogP contribution in [0.15, 0.2) is 99.7 Å². The van der Waals surface area contributed by atoms with Gasteiger partial charge in [-0.15, -0.1) is 11.3 Å². The van der Waals surface area contributed by atoms with E-state index in [1.54, 1.807) is 30.5 Å². The molecule has 38 heavy (non-hydrogen) atoms. The van der Waals surface area contributed by atoms with Crippen LogP contribution in [0.4, 0.5) is 18.3 Å². The lowest BCUT2D eigenvalue weighted by Crippen LogP contribution is -2.28. The Labute approximate surface area is 222 Å². The Morgan fingerprint density at radius 2 is 1.63 bits per heavy atom. The van der Waals surface area contributed by atoms with Crippen molar-refractivity contribution in [3.05, 3.63) is 107 Å². The molecule has 11 heteroatoms. The molecule has 0 atom stereocenters. The number of primary sulfonamides is 1. The van der Waals surface area contributed by atoms with E-state index in [9.17, 15) is 21.6 Å². The van der Waals surface area contributed by atoms with Gasteiger partial charge in [-0.2, -0.15) is 13.2 Å². The Morgan fingerprint density at radius 1 is 0.974 bits per heavy atom. The van der Waals surface area contributed by atoms with E-state index in [2.05, 4.69) is 9.98 Å². The number of aliphatic imine (C=N–C) groups is 1. The summed E-state index contributed by atoms with van der Waals surface area (Å²) in [7, 11) is -3.96. The Morgan fingerprint density at radius 3 is 2.21 bits per heavy atom. The number of allylic oxidation sites excluding steroid dienone is 1. The van der Waals surface area contributed by atoms with Gasteiger partial charge in [-0.25, -0.2) is 23.5 Å². The fraction of sp³-hybridized carbons (Fsp3) is 0.111. The van der Waals surface area contributed by atoms with E-state index in [0.717, 1.165) is 22.5 Å². The Bertz CT molecular complexity index is 1610. The average Bonchev–Trinajstić information content (AvgIpc) is 3.30. The largest absolute Gasteiger partial charge is 0.433 e. The maximum Gasteiger partial charge on any atom is 0.433 e. The van der Waals surface area contributed by atoms with E-state index in [1.165, 1.54) is 24.3 Å². The predicted octanol–water partition coefficient (Wildman–Crippen LogP) is 6.01. The van der Waals surface area contributed by atoms with Crippen LogP contribution in [0.2, 0.25) is 0 Å². The van der Waals surface area contributed by atoms with E-state index in [1.807, 2.05) is 36.4 Å². The molecule has 4 N–H and O–H groups in total. The molecule has 6 nitrogen and oxygen atoms in total. The van der Waals surface area contributed by atoms with Crippen molar-refractivity contribution >= 4 is 37.9 Å². The summed E-state index contributed by atoms with van der Waals surface area (Å²) in [6.45, 7) is 1.66. The van der Waals surface area contributed by atoms with Crippen LogP contribution in [-0.2, 0) is 16.4 Å². The number of aromatic nitrogens is 1. The number of thiazole rings is 1. The van der Waals surface area contributed by atoms with E-state index >= 15 is 0 Å². The molecule has 0 spiro atoms. The van der Waals surface area contributed by atoms with Crippen LogP contribution >= 0.6 is 11.3 Å². The first-order chi connectivity index (χ1) is 17.9. The summed E-state index contributed by atoms with van der Waals surface area (Å²) in [5.41, 5.74) is 7.89. The van der Waals surface area contributed by atoms with Gasteiger partial charge in [0.05, 0.1) is 10.6 Å². The highest BCUT2D eigenvalue weighted by atomic mass is 32.2. The molecule has 0 radical (unpaired) electrons. The molecule has 0 amide bonds. The first-order valence-electron chi connectivity index (χ1n) is 11.3. The van der Waals surface area contributed by atoms with Gasteiger partial charge in [0.15, 0.2) is 5.71 Å². The lowest BCUT2D eigenvalue weighted by Gasteiger charge is -2.18. The van der Waals surface area contributed by atoms with Gasteiger partial charge in [0.1, 0.15) is 0 Å². The smallest absolute Gasteiger partial charge is 0.398 e. The van der Waals surface area contributed by atoms with Gasteiger partial charge in [-0.05, 0) is 47.4 Å². The monoisotopic (exact) mass is 556 g/mol. The second-order valence-corrected chi connectivity index (χ2v) is 10.8. The first-order valence-corrected chi connectivity index (χ1v) is 13.7. The molecule has 3 aromatic carbocycles. The number of rotatable bonds is 7. The van der Waals surface area contributed by atoms with E-state index in [0.29, 0.717) is 16.8 Å². The standard InChI is InChI=1S/C27H23F3N4O2S2/c1-17-16-37-26(33-17)34-25(27(28,29)30)23(14-18-10-12-22(13-11-18)38(32,35)36)24(31)21-9-5-8-20(15-21)19-6-3-2-4-7-19/h2-13,15-16H,14,31H2,1H3,(H2,32,35,36). The third kappa shape index (κ3) is 6.55. The van der Waals surface area contributed by atoms with Gasteiger partial charge in [0.25, 0.3) is 0 Å². The minimum atomic E-state index is -4.85. The molecule has 0 saturated heterocycles. The SMILES string of the molecule is Cc1csc(N=C(C(Cc2ccc(S(N)(=O)=O)cc2)=C(N)c2cccc(-c3ccccc3)c2)C(F)(F)F)n1. The Kier molecular flexibility index (Phi) is 7.81. The molecule has 4 rings (SSSR count). The topological polar surface area (TPSA) is 111 Å². The number of benzene rings is 3. The van der Waals surface area contributed by atoms with Crippen LogP contribution in [-0.4, -0.2) is 25.3 Å². The van der Waals surface area contributed by atoms with E-state index in [4.69, 9.17) is 10.9 Å². The summed E-state index contributed by atoms with van der Waals surface area (Å²) in [6.07, 6.45) is -5.12. The van der Waals surface area contributed by atoms with Gasteiger partial charge < -0.3 is 5.73 Å². The van der Waals surface area contributed by atoms with Crippen LogP contribution < -0.4 is 10.9 Å². The predicted molar refractivity (Wildman–Crippen MR) is 145 cm³/mol. The number of halogens is 3. The van der Waals surface area contributed by atoms with Gasteiger partial charge in [-0.3, -0.25) is 0 Å². The van der Waals surface area contributed by atoms with Crippen molar-refractivity contribution in [3.63, 3.8) is 0 Å². The maximum absolute atomic E-state index is 14.5. The second-order valence-electron chi connectivity index (χ2n) is 8.43. The zero-order chi connectivity index (χ0) is 27.5. The van der Waals surface area contributed by atoms with Gasteiger partial charge in [0.2, 0.25) is 15.2 Å². The lowest BCUT2D eigenvalue weighted by atomic mass is 9.94. The summed E-state index contributed by atoms with van der Waals surface area (Å²) in [4.78, 5) is 7.79. The molecule has 0 fully saturated rings. The molecule has 4 aromatic rings. The second kappa shape index (κ2) is 10.9. The summed E-state index contributed by atoms with van der Waals surface area (Å²) in [5, 5.41) is 6.71. The molecule has 0 aliphatic carbocycles. The van der Waals surface area contributed by atoms with Gasteiger partial charge >= 0.3 is 6.18 Å².